The van der Waals surface area contributed by atoms with E-state index in [1.165, 1.54) is 29.7 Å². The fraction of sp³-hybridized carbons (Fsp3) is 0.571. The van der Waals surface area contributed by atoms with Crippen LogP contribution >= 0.6 is 0 Å². The van der Waals surface area contributed by atoms with E-state index in [1.807, 2.05) is 17.9 Å². The van der Waals surface area contributed by atoms with Gasteiger partial charge in [0.1, 0.15) is 0 Å². The molecule has 28 heavy (non-hydrogen) atoms. The lowest BCUT2D eigenvalue weighted by Gasteiger charge is -2.38. The molecule has 0 spiro atoms. The van der Waals surface area contributed by atoms with E-state index in [9.17, 15) is 13.2 Å². The Labute approximate surface area is 167 Å². The molecule has 0 atom stereocenters. The van der Waals surface area contributed by atoms with Crippen molar-refractivity contribution in [1.29, 1.82) is 0 Å². The molecule has 7 heteroatoms. The number of piperazine rings is 1. The molecule has 1 amide bonds. The minimum atomic E-state index is -3.39. The number of carbonyl (C=O) groups excluding carboxylic acids is 1. The van der Waals surface area contributed by atoms with Gasteiger partial charge in [-0.1, -0.05) is 25.8 Å². The molecule has 1 aromatic heterocycles. The smallest absolute Gasteiger partial charge is 0.254 e. The van der Waals surface area contributed by atoms with Gasteiger partial charge in [0.25, 0.3) is 5.91 Å². The van der Waals surface area contributed by atoms with Gasteiger partial charge in [-0.05, 0) is 37.5 Å². The second-order valence-electron chi connectivity index (χ2n) is 7.93. The zero-order valence-electron chi connectivity index (χ0n) is 16.5. The molecule has 2 heterocycles. The van der Waals surface area contributed by atoms with Crippen molar-refractivity contribution < 1.29 is 13.2 Å². The fourth-order valence-corrected chi connectivity index (χ4v) is 6.08. The first-order valence-electron chi connectivity index (χ1n) is 10.4. The first kappa shape index (κ1) is 19.5. The Hall–Kier alpha value is -1.86. The van der Waals surface area contributed by atoms with Gasteiger partial charge < -0.3 is 4.90 Å². The lowest BCUT2D eigenvalue weighted by molar-refractivity contribution is 0.0575. The molecule has 2 aromatic rings. The van der Waals surface area contributed by atoms with E-state index in [0.717, 1.165) is 26.2 Å². The van der Waals surface area contributed by atoms with Crippen LogP contribution in [0, 0.1) is 0 Å². The monoisotopic (exact) mass is 403 g/mol. The standard InChI is InChI=1S/C21H29N3O3S/c1-2-16-28(26,27)24-11-10-18-19(8-5-9-20(18)24)21(25)23-14-12-22(13-15-23)17-6-3-4-7-17/h5,8-11,17H,2-4,6-7,12-16H2,1H3. The molecule has 0 bridgehead atoms. The van der Waals surface area contributed by atoms with Gasteiger partial charge in [-0.15, -0.1) is 0 Å². The molecule has 0 unspecified atom stereocenters. The van der Waals surface area contributed by atoms with Crippen molar-refractivity contribution in [2.45, 2.75) is 45.1 Å². The molecule has 4 rings (SSSR count). The molecule has 1 saturated carbocycles. The van der Waals surface area contributed by atoms with E-state index in [1.54, 1.807) is 24.4 Å². The molecule has 1 aliphatic carbocycles. The van der Waals surface area contributed by atoms with Gasteiger partial charge in [-0.25, -0.2) is 12.4 Å². The summed E-state index contributed by atoms with van der Waals surface area (Å²) in [5.74, 6) is 0.0975. The first-order valence-corrected chi connectivity index (χ1v) is 12.0. The first-order chi connectivity index (χ1) is 13.5. The van der Waals surface area contributed by atoms with Crippen molar-refractivity contribution in [3.63, 3.8) is 0 Å². The fourth-order valence-electron chi connectivity index (χ4n) is 4.66. The van der Waals surface area contributed by atoms with Crippen molar-refractivity contribution in [3.8, 4) is 0 Å². The van der Waals surface area contributed by atoms with Crippen LogP contribution in [-0.2, 0) is 10.0 Å². The Morgan fingerprint density at radius 3 is 2.46 bits per heavy atom. The average Bonchev–Trinajstić information content (AvgIpc) is 3.37. The molecule has 2 fully saturated rings. The molecule has 6 nitrogen and oxygen atoms in total. The molecular formula is C21H29N3O3S. The summed E-state index contributed by atoms with van der Waals surface area (Å²) in [7, 11) is -3.39. The van der Waals surface area contributed by atoms with Crippen LogP contribution in [0.25, 0.3) is 10.9 Å². The largest absolute Gasteiger partial charge is 0.336 e. The Morgan fingerprint density at radius 1 is 1.07 bits per heavy atom. The predicted octanol–water partition coefficient (Wildman–Crippen LogP) is 2.93. The molecule has 1 aliphatic heterocycles. The summed E-state index contributed by atoms with van der Waals surface area (Å²) in [5, 5.41) is 0.713. The molecule has 1 saturated heterocycles. The highest BCUT2D eigenvalue weighted by Crippen LogP contribution is 2.26. The van der Waals surface area contributed by atoms with E-state index >= 15 is 0 Å². The van der Waals surface area contributed by atoms with E-state index in [-0.39, 0.29) is 11.7 Å². The van der Waals surface area contributed by atoms with Gasteiger partial charge in [0, 0.05) is 49.4 Å². The maximum atomic E-state index is 13.2. The minimum Gasteiger partial charge on any atom is -0.336 e. The van der Waals surface area contributed by atoms with Crippen LogP contribution in [0.4, 0.5) is 0 Å². The summed E-state index contributed by atoms with van der Waals surface area (Å²) < 4.78 is 26.3. The van der Waals surface area contributed by atoms with Crippen molar-refractivity contribution in [3.05, 3.63) is 36.0 Å². The van der Waals surface area contributed by atoms with E-state index in [0.29, 0.717) is 28.9 Å². The van der Waals surface area contributed by atoms with Crippen LogP contribution in [0.1, 0.15) is 49.4 Å². The number of amides is 1. The van der Waals surface area contributed by atoms with Gasteiger partial charge in [0.2, 0.25) is 10.0 Å². The third-order valence-corrected chi connectivity index (χ3v) is 7.97. The summed E-state index contributed by atoms with van der Waals surface area (Å²) in [5.41, 5.74) is 1.18. The van der Waals surface area contributed by atoms with Crippen LogP contribution in [0.15, 0.2) is 30.5 Å². The van der Waals surface area contributed by atoms with Gasteiger partial charge in [-0.2, -0.15) is 0 Å². The van der Waals surface area contributed by atoms with Gasteiger partial charge >= 0.3 is 0 Å². The van der Waals surface area contributed by atoms with Gasteiger partial charge in [0.15, 0.2) is 0 Å². The average molecular weight is 404 g/mol. The summed E-state index contributed by atoms with van der Waals surface area (Å²) in [6, 6.07) is 7.81. The Bertz CT molecular complexity index is 952. The Balaban J connectivity index is 1.54. The molecular weight excluding hydrogens is 374 g/mol. The topological polar surface area (TPSA) is 62.6 Å². The van der Waals surface area contributed by atoms with Gasteiger partial charge in [-0.3, -0.25) is 9.69 Å². The third-order valence-electron chi connectivity index (χ3n) is 6.13. The zero-order valence-corrected chi connectivity index (χ0v) is 17.3. The number of hydrogen-bond donors (Lipinski definition) is 0. The molecule has 0 radical (unpaired) electrons. The number of rotatable bonds is 5. The number of hydrogen-bond acceptors (Lipinski definition) is 4. The summed E-state index contributed by atoms with van der Waals surface area (Å²) in [4.78, 5) is 17.6. The number of nitrogens with zero attached hydrogens (tertiary/aromatic N) is 3. The third kappa shape index (κ3) is 3.57. The van der Waals surface area contributed by atoms with Crippen LogP contribution in [0.5, 0.6) is 0 Å². The quantitative estimate of drug-likeness (QED) is 0.770. The van der Waals surface area contributed by atoms with Gasteiger partial charge in [0.05, 0.1) is 11.3 Å². The molecule has 2 aliphatic rings. The molecule has 1 aromatic carbocycles. The SMILES string of the molecule is CCCS(=O)(=O)n1ccc2c(C(=O)N3CCN(C4CCCC4)CC3)cccc21. The summed E-state index contributed by atoms with van der Waals surface area (Å²) >= 11 is 0. The Morgan fingerprint density at radius 2 is 1.79 bits per heavy atom. The number of benzene rings is 1. The highest BCUT2D eigenvalue weighted by Gasteiger charge is 2.29. The van der Waals surface area contributed by atoms with Crippen LogP contribution in [-0.4, -0.2) is 66.1 Å². The Kier molecular flexibility index (Phi) is 5.47. The highest BCUT2D eigenvalue weighted by molar-refractivity contribution is 7.90. The number of aromatic nitrogens is 1. The zero-order chi connectivity index (χ0) is 19.7. The van der Waals surface area contributed by atoms with Crippen molar-refractivity contribution >= 4 is 26.8 Å². The van der Waals surface area contributed by atoms with Crippen molar-refractivity contribution in [2.75, 3.05) is 31.9 Å². The molecule has 0 N–H and O–H groups in total. The lowest BCUT2D eigenvalue weighted by atomic mass is 10.1. The maximum absolute atomic E-state index is 13.2. The minimum absolute atomic E-state index is 0.00214. The molecule has 152 valence electrons. The summed E-state index contributed by atoms with van der Waals surface area (Å²) in [6.07, 6.45) is 7.35. The van der Waals surface area contributed by atoms with Crippen LogP contribution in [0.2, 0.25) is 0 Å². The van der Waals surface area contributed by atoms with Crippen LogP contribution < -0.4 is 0 Å². The lowest BCUT2D eigenvalue weighted by Crippen LogP contribution is -2.51. The highest BCUT2D eigenvalue weighted by atomic mass is 32.2. The second-order valence-corrected chi connectivity index (χ2v) is 9.90. The predicted molar refractivity (Wildman–Crippen MR) is 111 cm³/mol. The maximum Gasteiger partial charge on any atom is 0.254 e. The van der Waals surface area contributed by atoms with Crippen molar-refractivity contribution in [1.82, 2.24) is 13.8 Å². The normalized spacial score (nSPS) is 19.5. The van der Waals surface area contributed by atoms with Crippen molar-refractivity contribution in [2.24, 2.45) is 0 Å². The van der Waals surface area contributed by atoms with E-state index in [4.69, 9.17) is 0 Å². The summed E-state index contributed by atoms with van der Waals surface area (Å²) in [6.45, 7) is 5.18. The number of fused-ring (bicyclic) bond motifs is 1. The van der Waals surface area contributed by atoms with E-state index in [2.05, 4.69) is 4.90 Å². The van der Waals surface area contributed by atoms with Crippen LogP contribution in [0.3, 0.4) is 0 Å². The van der Waals surface area contributed by atoms with E-state index < -0.39 is 10.0 Å². The number of carbonyl (C=O) groups is 1. The second kappa shape index (κ2) is 7.87.